The molecule has 156 valence electrons. The Bertz CT molecular complexity index is 848. The van der Waals surface area contributed by atoms with Gasteiger partial charge in [0.1, 0.15) is 5.75 Å². The average molecular weight is 396 g/mol. The number of hydrogen-bond donors (Lipinski definition) is 0. The Morgan fingerprint density at radius 2 is 1.72 bits per heavy atom. The van der Waals surface area contributed by atoms with Gasteiger partial charge in [0.2, 0.25) is 0 Å². The number of ether oxygens (including phenoxy) is 2. The first-order valence-electron chi connectivity index (χ1n) is 11.0. The van der Waals surface area contributed by atoms with E-state index in [0.717, 1.165) is 37.2 Å². The number of methoxy groups -OCH3 is 1. The predicted octanol–water partition coefficient (Wildman–Crippen LogP) is 5.04. The Labute approximate surface area is 174 Å². The molecule has 0 atom stereocenters. The van der Waals surface area contributed by atoms with Gasteiger partial charge in [0, 0.05) is 19.6 Å². The summed E-state index contributed by atoms with van der Waals surface area (Å²) < 4.78 is 11.1. The predicted molar refractivity (Wildman–Crippen MR) is 116 cm³/mol. The van der Waals surface area contributed by atoms with Gasteiger partial charge in [-0.1, -0.05) is 32.0 Å². The molecule has 0 unspecified atom stereocenters. The van der Waals surface area contributed by atoms with Crippen LogP contribution in [0.1, 0.15) is 45.1 Å². The molecule has 0 bridgehead atoms. The minimum absolute atomic E-state index is 0.0377. The second-order valence-electron chi connectivity index (χ2n) is 9.16. The Kier molecular flexibility index (Phi) is 6.09. The third-order valence-electron chi connectivity index (χ3n) is 6.74. The minimum atomic E-state index is -0.0926. The molecule has 4 nitrogen and oxygen atoms in total. The number of hydrogen-bond acceptors (Lipinski definition) is 4. The molecular weight excluding hydrogens is 362 g/mol. The third kappa shape index (κ3) is 4.75. The molecule has 1 heterocycles. The van der Waals surface area contributed by atoms with Gasteiger partial charge in [-0.05, 0) is 72.1 Å². The average Bonchev–Trinajstić information content (AvgIpc) is 2.70. The zero-order valence-electron chi connectivity index (χ0n) is 17.9. The molecule has 2 fully saturated rings. The van der Waals surface area contributed by atoms with Crippen molar-refractivity contribution in [3.8, 4) is 5.75 Å². The van der Waals surface area contributed by atoms with Crippen molar-refractivity contribution in [2.24, 2.45) is 17.8 Å². The van der Waals surface area contributed by atoms with Crippen LogP contribution in [0, 0.1) is 17.8 Å². The molecule has 29 heavy (non-hydrogen) atoms. The molecule has 0 amide bonds. The molecule has 2 aromatic rings. The van der Waals surface area contributed by atoms with Gasteiger partial charge >= 0.3 is 5.97 Å². The van der Waals surface area contributed by atoms with Crippen LogP contribution >= 0.6 is 0 Å². The summed E-state index contributed by atoms with van der Waals surface area (Å²) in [6.07, 6.45) is 5.26. The van der Waals surface area contributed by atoms with Crippen molar-refractivity contribution in [3.05, 3.63) is 42.0 Å². The fraction of sp³-hybridized carbons (Fsp3) is 0.560. The van der Waals surface area contributed by atoms with Gasteiger partial charge in [-0.3, -0.25) is 9.69 Å². The second kappa shape index (κ2) is 8.74. The Morgan fingerprint density at radius 3 is 2.41 bits per heavy atom. The van der Waals surface area contributed by atoms with Crippen molar-refractivity contribution in [2.75, 3.05) is 20.2 Å². The van der Waals surface area contributed by atoms with Gasteiger partial charge in [0.15, 0.2) is 0 Å². The molecule has 2 aliphatic rings. The summed E-state index contributed by atoms with van der Waals surface area (Å²) in [5, 5.41) is 2.46. The number of likely N-dealkylation sites (tertiary alicyclic amines) is 1. The van der Waals surface area contributed by atoms with Crippen LogP contribution in [0.25, 0.3) is 10.8 Å². The van der Waals surface area contributed by atoms with Gasteiger partial charge in [0.25, 0.3) is 0 Å². The van der Waals surface area contributed by atoms with E-state index in [9.17, 15) is 4.79 Å². The summed E-state index contributed by atoms with van der Waals surface area (Å²) in [4.78, 5) is 13.8. The largest absolute Gasteiger partial charge is 0.490 e. The lowest BCUT2D eigenvalue weighted by atomic mass is 9.80. The smallest absolute Gasteiger partial charge is 0.311 e. The molecule has 4 rings (SSSR count). The molecule has 0 spiro atoms. The first-order chi connectivity index (χ1) is 14.0. The summed E-state index contributed by atoms with van der Waals surface area (Å²) in [5.41, 5.74) is 1.28. The second-order valence-corrected chi connectivity index (χ2v) is 9.16. The van der Waals surface area contributed by atoms with Crippen LogP contribution < -0.4 is 4.74 Å². The number of esters is 1. The van der Waals surface area contributed by atoms with Crippen molar-refractivity contribution >= 4 is 16.7 Å². The van der Waals surface area contributed by atoms with E-state index in [2.05, 4.69) is 55.1 Å². The zero-order chi connectivity index (χ0) is 20.4. The highest BCUT2D eigenvalue weighted by atomic mass is 16.5. The summed E-state index contributed by atoms with van der Waals surface area (Å²) in [6, 6.07) is 13.1. The van der Waals surface area contributed by atoms with Crippen molar-refractivity contribution in [1.29, 1.82) is 0 Å². The van der Waals surface area contributed by atoms with E-state index < -0.39 is 0 Å². The van der Waals surface area contributed by atoms with Crippen LogP contribution in [0.15, 0.2) is 36.4 Å². The molecule has 1 saturated carbocycles. The van der Waals surface area contributed by atoms with Crippen LogP contribution in [0.5, 0.6) is 5.75 Å². The van der Waals surface area contributed by atoms with Gasteiger partial charge in [0.05, 0.1) is 19.1 Å². The zero-order valence-corrected chi connectivity index (χ0v) is 17.9. The van der Waals surface area contributed by atoms with Crippen molar-refractivity contribution in [1.82, 2.24) is 4.90 Å². The van der Waals surface area contributed by atoms with Crippen molar-refractivity contribution < 1.29 is 14.3 Å². The Hall–Kier alpha value is -2.07. The highest BCUT2D eigenvalue weighted by Gasteiger charge is 2.33. The SMILES string of the molecule is COC(=O)C1CN(Cc2ccc3cc(O[C@H]4CC[C@@H](C(C)C)CC4)ccc3c2)C1. The number of benzene rings is 2. The van der Waals surface area contributed by atoms with Crippen LogP contribution in [-0.4, -0.2) is 37.2 Å². The maximum absolute atomic E-state index is 11.5. The Morgan fingerprint density at radius 1 is 1.03 bits per heavy atom. The first kappa shape index (κ1) is 20.2. The van der Waals surface area contributed by atoms with E-state index in [-0.39, 0.29) is 11.9 Å². The third-order valence-corrected chi connectivity index (χ3v) is 6.74. The number of fused-ring (bicyclic) bond motifs is 1. The van der Waals surface area contributed by atoms with E-state index in [1.807, 2.05) is 0 Å². The molecule has 1 aliphatic heterocycles. The number of nitrogens with zero attached hydrogens (tertiary/aromatic N) is 1. The van der Waals surface area contributed by atoms with Crippen LogP contribution in [0.3, 0.4) is 0 Å². The van der Waals surface area contributed by atoms with Crippen molar-refractivity contribution in [3.63, 3.8) is 0 Å². The van der Waals surface area contributed by atoms with Crippen LogP contribution in [0.2, 0.25) is 0 Å². The van der Waals surface area contributed by atoms with Gasteiger partial charge in [-0.25, -0.2) is 0 Å². The Balaban J connectivity index is 1.33. The van der Waals surface area contributed by atoms with E-state index in [1.54, 1.807) is 0 Å². The summed E-state index contributed by atoms with van der Waals surface area (Å²) in [7, 11) is 1.46. The van der Waals surface area contributed by atoms with E-state index in [4.69, 9.17) is 9.47 Å². The maximum Gasteiger partial charge on any atom is 0.311 e. The molecule has 1 saturated heterocycles. The molecule has 1 aliphatic carbocycles. The maximum atomic E-state index is 11.5. The number of carbonyl (C=O) groups excluding carboxylic acids is 1. The lowest BCUT2D eigenvalue weighted by Gasteiger charge is -2.37. The number of carbonyl (C=O) groups is 1. The highest BCUT2D eigenvalue weighted by molar-refractivity contribution is 5.84. The first-order valence-corrected chi connectivity index (χ1v) is 11.0. The molecule has 2 aromatic carbocycles. The summed E-state index contributed by atoms with van der Waals surface area (Å²) in [5.74, 6) is 2.58. The van der Waals surface area contributed by atoms with Gasteiger partial charge in [-0.15, -0.1) is 0 Å². The van der Waals surface area contributed by atoms with Crippen LogP contribution in [-0.2, 0) is 16.1 Å². The topological polar surface area (TPSA) is 38.8 Å². The minimum Gasteiger partial charge on any atom is -0.490 e. The molecule has 0 N–H and O–H groups in total. The fourth-order valence-electron chi connectivity index (χ4n) is 4.78. The highest BCUT2D eigenvalue weighted by Crippen LogP contribution is 2.33. The van der Waals surface area contributed by atoms with Crippen molar-refractivity contribution in [2.45, 2.75) is 52.2 Å². The molecule has 0 radical (unpaired) electrons. The molecular formula is C25H33NO3. The lowest BCUT2D eigenvalue weighted by molar-refractivity contribution is -0.151. The molecule has 4 heteroatoms. The van der Waals surface area contributed by atoms with Gasteiger partial charge in [-0.2, -0.15) is 0 Å². The summed E-state index contributed by atoms with van der Waals surface area (Å²) >= 11 is 0. The molecule has 0 aromatic heterocycles. The standard InChI is InChI=1S/C25H33NO3/c1-17(2)19-6-9-23(10-7-19)29-24-11-8-20-12-18(4-5-21(20)13-24)14-26-15-22(16-26)25(27)28-3/h4-5,8,11-13,17,19,22-23H,6-7,9-10,14-16H2,1-3H3/t19-,23+. The number of rotatable bonds is 6. The summed E-state index contributed by atoms with van der Waals surface area (Å²) in [6.45, 7) is 7.12. The monoisotopic (exact) mass is 395 g/mol. The lowest BCUT2D eigenvalue weighted by Crippen LogP contribution is -2.49. The fourth-order valence-corrected chi connectivity index (χ4v) is 4.78. The van der Waals surface area contributed by atoms with Gasteiger partial charge < -0.3 is 9.47 Å². The van der Waals surface area contributed by atoms with Crippen LogP contribution in [0.4, 0.5) is 0 Å². The van der Waals surface area contributed by atoms with E-state index >= 15 is 0 Å². The van der Waals surface area contributed by atoms with E-state index in [1.165, 1.54) is 49.1 Å². The van der Waals surface area contributed by atoms with E-state index in [0.29, 0.717) is 6.10 Å². The normalized spacial score (nSPS) is 23.2. The quantitative estimate of drug-likeness (QED) is 0.643.